The molecule has 0 radical (unpaired) electrons. The molecule has 3 N–H and O–H groups in total. The Balaban J connectivity index is 1.46. The number of fused-ring (bicyclic) bond motifs is 8. The van der Waals surface area contributed by atoms with Crippen LogP contribution < -0.4 is 0 Å². The number of nitrogens with zero attached hydrogens (tertiary/aromatic N) is 4. The smallest absolute Gasteiger partial charge is 0.338 e. The van der Waals surface area contributed by atoms with Crippen molar-refractivity contribution >= 4 is 52.3 Å². The molecule has 2 aliphatic heterocycles. The Labute approximate surface area is 268 Å². The molecular weight excluding hydrogens is 584 g/mol. The number of carbonyl (C=O) groups is 1. The van der Waals surface area contributed by atoms with Gasteiger partial charge in [-0.05, 0) is 71.7 Å². The molecule has 0 aliphatic carbocycles. The first-order valence-corrected chi connectivity index (χ1v) is 14.9. The number of carboxylic acids is 1. The number of hydrogen-bond donors (Lipinski definition) is 3. The average molecular weight is 609 g/mol. The number of nitrogens with one attached hydrogen (secondary N) is 2. The van der Waals surface area contributed by atoms with Crippen molar-refractivity contribution in [2.45, 2.75) is 0 Å². The van der Waals surface area contributed by atoms with Gasteiger partial charge in [-0.3, -0.25) is 0 Å². The van der Waals surface area contributed by atoms with E-state index in [1.54, 1.807) is 0 Å². The van der Waals surface area contributed by atoms with Crippen molar-refractivity contribution in [3.05, 3.63) is 143 Å². The number of aromatic amines is 2. The maximum atomic E-state index is 11.3. The standard InChI is InChI=1S/C39H24N6O2/c46-39(47)26-22-40-36(41-23-26)20-13-29-30-16-18-34(44-30)37(24-7-3-1-4-8-24)32-14-11-27(42-32)21-28-12-15-33(43-28)38(25-9-5-2-6-10-25)35-19-17-31(29)45-35/h1-12,14-19,21-23,42,45H,(H,46,47). The van der Waals surface area contributed by atoms with E-state index in [2.05, 4.69) is 62.1 Å². The third-order valence-corrected chi connectivity index (χ3v) is 7.90. The number of hydrogen-bond acceptors (Lipinski definition) is 5. The number of H-pyrrole nitrogens is 2. The maximum absolute atomic E-state index is 11.3. The molecule has 8 rings (SSSR count). The van der Waals surface area contributed by atoms with E-state index < -0.39 is 5.97 Å². The molecule has 4 aromatic heterocycles. The van der Waals surface area contributed by atoms with Gasteiger partial charge in [0.2, 0.25) is 5.82 Å². The number of aromatic carboxylic acids is 1. The minimum absolute atomic E-state index is 0.00780. The van der Waals surface area contributed by atoms with E-state index in [9.17, 15) is 9.90 Å². The summed E-state index contributed by atoms with van der Waals surface area (Å²) in [4.78, 5) is 36.9. The molecule has 6 aromatic rings. The lowest BCUT2D eigenvalue weighted by atomic mass is 10.0. The normalized spacial score (nSPS) is 11.7. The second kappa shape index (κ2) is 11.6. The van der Waals surface area contributed by atoms with Gasteiger partial charge in [0.1, 0.15) is 0 Å². The summed E-state index contributed by atoms with van der Waals surface area (Å²) in [7, 11) is 0. The number of aromatic nitrogens is 6. The fourth-order valence-electron chi connectivity index (χ4n) is 5.71. The first kappa shape index (κ1) is 27.7. The highest BCUT2D eigenvalue weighted by molar-refractivity contribution is 5.94. The zero-order valence-corrected chi connectivity index (χ0v) is 24.8. The highest BCUT2D eigenvalue weighted by Crippen LogP contribution is 2.33. The van der Waals surface area contributed by atoms with Crippen molar-refractivity contribution in [3.8, 4) is 34.1 Å². The summed E-state index contributed by atoms with van der Waals surface area (Å²) in [6.07, 6.45) is 10.5. The van der Waals surface area contributed by atoms with Gasteiger partial charge in [0.05, 0.1) is 39.4 Å². The van der Waals surface area contributed by atoms with Gasteiger partial charge in [-0.15, -0.1) is 0 Å². The molecule has 47 heavy (non-hydrogen) atoms. The van der Waals surface area contributed by atoms with Gasteiger partial charge in [-0.25, -0.2) is 24.7 Å². The lowest BCUT2D eigenvalue weighted by Crippen LogP contribution is -1.99. The molecule has 8 heteroatoms. The molecule has 0 amide bonds. The first-order chi connectivity index (χ1) is 23.1. The van der Waals surface area contributed by atoms with Crippen LogP contribution in [0.1, 0.15) is 44.5 Å². The van der Waals surface area contributed by atoms with Crippen LogP contribution in [0.4, 0.5) is 0 Å². The lowest BCUT2D eigenvalue weighted by molar-refractivity contribution is 0.0696. The number of rotatable bonds is 3. The molecule has 6 heterocycles. The molecule has 8 bridgehead atoms. The van der Waals surface area contributed by atoms with Crippen molar-refractivity contribution in [1.29, 1.82) is 0 Å². The Bertz CT molecular complexity index is 2440. The van der Waals surface area contributed by atoms with E-state index in [0.717, 1.165) is 61.4 Å². The van der Waals surface area contributed by atoms with Crippen molar-refractivity contribution in [2.75, 3.05) is 0 Å². The molecule has 2 aliphatic rings. The van der Waals surface area contributed by atoms with Crippen molar-refractivity contribution < 1.29 is 9.90 Å². The van der Waals surface area contributed by atoms with Crippen LogP contribution in [0.2, 0.25) is 0 Å². The summed E-state index contributed by atoms with van der Waals surface area (Å²) in [5.41, 5.74) is 11.1. The second-order valence-electron chi connectivity index (χ2n) is 10.9. The molecule has 0 spiro atoms. The van der Waals surface area contributed by atoms with Gasteiger partial charge >= 0.3 is 5.97 Å². The molecule has 8 nitrogen and oxygen atoms in total. The Morgan fingerprint density at radius 2 is 1.21 bits per heavy atom. The molecule has 222 valence electrons. The monoisotopic (exact) mass is 608 g/mol. The minimum atomic E-state index is -1.10. The molecule has 2 aromatic carbocycles. The summed E-state index contributed by atoms with van der Waals surface area (Å²) in [5.74, 6) is 5.36. The van der Waals surface area contributed by atoms with Gasteiger partial charge in [0.15, 0.2) is 0 Å². The maximum Gasteiger partial charge on any atom is 0.338 e. The zero-order chi connectivity index (χ0) is 31.7. The van der Waals surface area contributed by atoms with Gasteiger partial charge in [0.25, 0.3) is 0 Å². The summed E-state index contributed by atoms with van der Waals surface area (Å²) in [6.45, 7) is 0. The number of benzene rings is 2. The van der Waals surface area contributed by atoms with Crippen LogP contribution in [-0.4, -0.2) is 41.0 Å². The summed E-state index contributed by atoms with van der Waals surface area (Å²) in [5, 5.41) is 9.26. The highest BCUT2D eigenvalue weighted by Gasteiger charge is 2.15. The first-order valence-electron chi connectivity index (χ1n) is 14.9. The predicted octanol–water partition coefficient (Wildman–Crippen LogP) is 7.88. The van der Waals surface area contributed by atoms with E-state index in [0.29, 0.717) is 11.3 Å². The largest absolute Gasteiger partial charge is 0.478 e. The van der Waals surface area contributed by atoms with Crippen molar-refractivity contribution in [1.82, 2.24) is 29.9 Å². The third kappa shape index (κ3) is 5.39. The van der Waals surface area contributed by atoms with Gasteiger partial charge < -0.3 is 15.1 Å². The average Bonchev–Trinajstić information content (AvgIpc) is 3.93. The van der Waals surface area contributed by atoms with E-state index >= 15 is 0 Å². The Hall–Kier alpha value is -6.85. The van der Waals surface area contributed by atoms with Gasteiger partial charge in [-0.1, -0.05) is 66.6 Å². The Kier molecular flexibility index (Phi) is 6.82. The zero-order valence-electron chi connectivity index (χ0n) is 24.8. The van der Waals surface area contributed by atoms with E-state index in [-0.39, 0.29) is 11.4 Å². The SMILES string of the molecule is O=C(O)c1cnc(C#Cc2c3nc(c(-c4ccccc4)c4ccc(cc5nc(c(-c6ccccc6)c6ccc2[nH]6)C=C5)[nH]4)C=C3)nc1. The summed E-state index contributed by atoms with van der Waals surface area (Å²) >= 11 is 0. The second-order valence-corrected chi connectivity index (χ2v) is 10.9. The summed E-state index contributed by atoms with van der Waals surface area (Å²) < 4.78 is 0. The molecular formula is C39H24N6O2. The molecule has 0 unspecified atom stereocenters. The quantitative estimate of drug-likeness (QED) is 0.176. The van der Waals surface area contributed by atoms with Crippen LogP contribution in [0, 0.1) is 11.8 Å². The molecule has 0 atom stereocenters. The van der Waals surface area contributed by atoms with Crippen molar-refractivity contribution in [3.63, 3.8) is 0 Å². The van der Waals surface area contributed by atoms with E-state index in [1.165, 1.54) is 12.4 Å². The van der Waals surface area contributed by atoms with E-state index in [4.69, 9.17) is 9.97 Å². The molecule has 0 fully saturated rings. The fourth-order valence-corrected chi connectivity index (χ4v) is 5.71. The van der Waals surface area contributed by atoms with E-state index in [1.807, 2.05) is 85.0 Å². The third-order valence-electron chi connectivity index (χ3n) is 7.90. The van der Waals surface area contributed by atoms with Crippen LogP contribution in [-0.2, 0) is 0 Å². The Morgan fingerprint density at radius 3 is 1.91 bits per heavy atom. The fraction of sp³-hybridized carbons (Fsp3) is 0. The predicted molar refractivity (Wildman–Crippen MR) is 185 cm³/mol. The minimum Gasteiger partial charge on any atom is -0.478 e. The Morgan fingerprint density at radius 1 is 0.617 bits per heavy atom. The van der Waals surface area contributed by atoms with Crippen molar-refractivity contribution in [2.24, 2.45) is 0 Å². The number of carboxylic acid groups (broad SMARTS) is 1. The topological polar surface area (TPSA) is 120 Å². The summed E-state index contributed by atoms with van der Waals surface area (Å²) in [6, 6.07) is 30.5. The van der Waals surface area contributed by atoms with Crippen LogP contribution in [0.3, 0.4) is 0 Å². The van der Waals surface area contributed by atoms with Crippen LogP contribution in [0.5, 0.6) is 0 Å². The van der Waals surface area contributed by atoms with Crippen LogP contribution in [0.15, 0.2) is 103 Å². The van der Waals surface area contributed by atoms with Gasteiger partial charge in [-0.2, -0.15) is 0 Å². The van der Waals surface area contributed by atoms with Gasteiger partial charge in [0, 0.05) is 40.1 Å². The molecule has 0 saturated carbocycles. The van der Waals surface area contributed by atoms with Crippen LogP contribution >= 0.6 is 0 Å². The van der Waals surface area contributed by atoms with Crippen LogP contribution in [0.25, 0.3) is 68.6 Å². The highest BCUT2D eigenvalue weighted by atomic mass is 16.4. The molecule has 0 saturated heterocycles. The lowest BCUT2D eigenvalue weighted by Gasteiger charge is -2.04.